The van der Waals surface area contributed by atoms with Gasteiger partial charge in [-0.25, -0.2) is 4.98 Å². The molecule has 1 aliphatic rings. The second kappa shape index (κ2) is 9.01. The zero-order chi connectivity index (χ0) is 17.5. The molecule has 25 heavy (non-hydrogen) atoms. The lowest BCUT2D eigenvalue weighted by Gasteiger charge is -2.32. The molecule has 2 aromatic heterocycles. The molecule has 2 aromatic rings. The number of nitrogens with zero attached hydrogens (tertiary/aromatic N) is 4. The van der Waals surface area contributed by atoms with Crippen LogP contribution in [0.4, 0.5) is 0 Å². The van der Waals surface area contributed by atoms with Crippen molar-refractivity contribution in [3.8, 4) is 0 Å². The summed E-state index contributed by atoms with van der Waals surface area (Å²) in [4.78, 5) is 27.3. The number of thiazole rings is 1. The summed E-state index contributed by atoms with van der Waals surface area (Å²) in [6.45, 7) is 5.74. The highest BCUT2D eigenvalue weighted by molar-refractivity contribution is 7.07. The summed E-state index contributed by atoms with van der Waals surface area (Å²) in [7, 11) is 0. The van der Waals surface area contributed by atoms with Crippen LogP contribution >= 0.6 is 11.3 Å². The van der Waals surface area contributed by atoms with Crippen LogP contribution in [-0.2, 0) is 17.8 Å². The number of carbonyl (C=O) groups excluding carboxylic acids is 1. The number of aromatic nitrogens is 3. The van der Waals surface area contributed by atoms with Gasteiger partial charge < -0.3 is 5.32 Å². The minimum atomic E-state index is 0.0634. The van der Waals surface area contributed by atoms with Crippen molar-refractivity contribution in [2.45, 2.75) is 39.2 Å². The standard InChI is InChI=1S/C18H25N5OS/c1-14-8-21-17(9-20-14)11-23-6-2-3-15(10-23)4-5-19-18(24)7-16-12-25-13-22-16/h8-9,12-13,15H,2-7,10-11H2,1H3,(H,19,24). The number of piperidine rings is 1. The number of likely N-dealkylation sites (tertiary alicyclic amines) is 1. The third-order valence-electron chi connectivity index (χ3n) is 4.52. The molecule has 1 amide bonds. The Balaban J connectivity index is 1.38. The van der Waals surface area contributed by atoms with E-state index in [0.717, 1.165) is 49.7 Å². The van der Waals surface area contributed by atoms with E-state index in [1.807, 2.05) is 24.7 Å². The lowest BCUT2D eigenvalue weighted by Crippen LogP contribution is -2.37. The Morgan fingerprint density at radius 1 is 1.32 bits per heavy atom. The molecule has 0 bridgehead atoms. The first-order chi connectivity index (χ1) is 12.2. The van der Waals surface area contributed by atoms with Crippen molar-refractivity contribution in [1.82, 2.24) is 25.2 Å². The predicted octanol–water partition coefficient (Wildman–Crippen LogP) is 2.20. The molecule has 7 heteroatoms. The first-order valence-corrected chi connectivity index (χ1v) is 9.77. The van der Waals surface area contributed by atoms with Gasteiger partial charge in [0, 0.05) is 37.4 Å². The Labute approximate surface area is 152 Å². The van der Waals surface area contributed by atoms with Crippen molar-refractivity contribution in [3.05, 3.63) is 40.4 Å². The molecule has 0 spiro atoms. The molecule has 1 unspecified atom stereocenters. The van der Waals surface area contributed by atoms with E-state index in [0.29, 0.717) is 12.3 Å². The van der Waals surface area contributed by atoms with Crippen LogP contribution in [0.1, 0.15) is 36.3 Å². The van der Waals surface area contributed by atoms with Crippen LogP contribution in [0.25, 0.3) is 0 Å². The molecule has 1 saturated heterocycles. The fourth-order valence-corrected chi connectivity index (χ4v) is 3.79. The Hall–Kier alpha value is -1.86. The molecule has 3 rings (SSSR count). The first-order valence-electron chi connectivity index (χ1n) is 8.82. The quantitative estimate of drug-likeness (QED) is 0.821. The van der Waals surface area contributed by atoms with Crippen molar-refractivity contribution in [3.63, 3.8) is 0 Å². The topological polar surface area (TPSA) is 71.0 Å². The number of carbonyl (C=O) groups is 1. The average molecular weight is 359 g/mol. The smallest absolute Gasteiger partial charge is 0.226 e. The van der Waals surface area contributed by atoms with E-state index < -0.39 is 0 Å². The number of rotatable bonds is 7. The molecule has 134 valence electrons. The number of hydrogen-bond donors (Lipinski definition) is 1. The van der Waals surface area contributed by atoms with E-state index in [4.69, 9.17) is 0 Å². The van der Waals surface area contributed by atoms with Gasteiger partial charge in [-0.05, 0) is 38.6 Å². The Morgan fingerprint density at radius 2 is 2.24 bits per heavy atom. The Bertz CT molecular complexity index is 659. The second-order valence-electron chi connectivity index (χ2n) is 6.69. The van der Waals surface area contributed by atoms with Crippen LogP contribution in [0.2, 0.25) is 0 Å². The largest absolute Gasteiger partial charge is 0.356 e. The van der Waals surface area contributed by atoms with Crippen LogP contribution in [0.5, 0.6) is 0 Å². The molecular formula is C18H25N5OS. The molecule has 6 nitrogen and oxygen atoms in total. The molecule has 0 radical (unpaired) electrons. The van der Waals surface area contributed by atoms with Gasteiger partial charge in [0.15, 0.2) is 0 Å². The summed E-state index contributed by atoms with van der Waals surface area (Å²) in [6.07, 6.45) is 7.55. The average Bonchev–Trinajstić information content (AvgIpc) is 3.10. The molecule has 0 saturated carbocycles. The highest BCUT2D eigenvalue weighted by Crippen LogP contribution is 2.20. The van der Waals surface area contributed by atoms with E-state index in [2.05, 4.69) is 25.2 Å². The normalized spacial score (nSPS) is 18.2. The molecule has 0 aromatic carbocycles. The SMILES string of the molecule is Cc1cnc(CN2CCCC(CCNC(=O)Cc3cscn3)C2)cn1. The van der Waals surface area contributed by atoms with Crippen molar-refractivity contribution in [2.24, 2.45) is 5.92 Å². The van der Waals surface area contributed by atoms with Gasteiger partial charge in [0.05, 0.1) is 29.0 Å². The lowest BCUT2D eigenvalue weighted by atomic mass is 9.94. The molecule has 1 aliphatic heterocycles. The molecule has 1 fully saturated rings. The Kier molecular flexibility index (Phi) is 6.47. The molecule has 1 N–H and O–H groups in total. The van der Waals surface area contributed by atoms with Gasteiger partial charge >= 0.3 is 0 Å². The van der Waals surface area contributed by atoms with Crippen molar-refractivity contribution >= 4 is 17.2 Å². The summed E-state index contributed by atoms with van der Waals surface area (Å²) in [5.74, 6) is 0.695. The highest BCUT2D eigenvalue weighted by Gasteiger charge is 2.20. The van der Waals surface area contributed by atoms with Crippen molar-refractivity contribution in [1.29, 1.82) is 0 Å². The summed E-state index contributed by atoms with van der Waals surface area (Å²) < 4.78 is 0. The maximum absolute atomic E-state index is 11.9. The number of hydrogen-bond acceptors (Lipinski definition) is 6. The lowest BCUT2D eigenvalue weighted by molar-refractivity contribution is -0.120. The Morgan fingerprint density at radius 3 is 3.00 bits per heavy atom. The number of amides is 1. The highest BCUT2D eigenvalue weighted by atomic mass is 32.1. The zero-order valence-corrected chi connectivity index (χ0v) is 15.5. The third-order valence-corrected chi connectivity index (χ3v) is 5.16. The van der Waals surface area contributed by atoms with Crippen LogP contribution in [0, 0.1) is 12.8 Å². The van der Waals surface area contributed by atoms with Crippen molar-refractivity contribution < 1.29 is 4.79 Å². The minimum Gasteiger partial charge on any atom is -0.356 e. The molecule has 0 aliphatic carbocycles. The van der Waals surface area contributed by atoms with Gasteiger partial charge in [0.25, 0.3) is 0 Å². The number of nitrogens with one attached hydrogen (secondary N) is 1. The predicted molar refractivity (Wildman–Crippen MR) is 98.2 cm³/mol. The molecule has 1 atom stereocenters. The summed E-state index contributed by atoms with van der Waals surface area (Å²) in [6, 6.07) is 0. The van der Waals surface area contributed by atoms with Gasteiger partial charge in [-0.15, -0.1) is 11.3 Å². The van der Waals surface area contributed by atoms with Gasteiger partial charge in [-0.1, -0.05) is 0 Å². The molecular weight excluding hydrogens is 334 g/mol. The summed E-state index contributed by atoms with van der Waals surface area (Å²) in [5, 5.41) is 4.95. The second-order valence-corrected chi connectivity index (χ2v) is 7.41. The van der Waals surface area contributed by atoms with E-state index >= 15 is 0 Å². The maximum atomic E-state index is 11.9. The van der Waals surface area contributed by atoms with E-state index in [9.17, 15) is 4.79 Å². The van der Waals surface area contributed by atoms with Crippen LogP contribution in [0.15, 0.2) is 23.3 Å². The molecule has 3 heterocycles. The van der Waals surface area contributed by atoms with Crippen molar-refractivity contribution in [2.75, 3.05) is 19.6 Å². The maximum Gasteiger partial charge on any atom is 0.226 e. The van der Waals surface area contributed by atoms with E-state index in [-0.39, 0.29) is 5.91 Å². The summed E-state index contributed by atoms with van der Waals surface area (Å²) >= 11 is 1.52. The van der Waals surface area contributed by atoms with Crippen LogP contribution in [-0.4, -0.2) is 45.4 Å². The number of aryl methyl sites for hydroxylation is 1. The van der Waals surface area contributed by atoms with Gasteiger partial charge in [0.1, 0.15) is 0 Å². The van der Waals surface area contributed by atoms with Gasteiger partial charge in [-0.3, -0.25) is 19.7 Å². The van der Waals surface area contributed by atoms with E-state index in [1.165, 1.54) is 24.2 Å². The third kappa shape index (κ3) is 5.86. The fraction of sp³-hybridized carbons (Fsp3) is 0.556. The first kappa shape index (κ1) is 17.9. The van der Waals surface area contributed by atoms with E-state index in [1.54, 1.807) is 5.51 Å². The van der Waals surface area contributed by atoms with Gasteiger partial charge in [0.2, 0.25) is 5.91 Å². The summed E-state index contributed by atoms with van der Waals surface area (Å²) in [5.41, 5.74) is 4.60. The fourth-order valence-electron chi connectivity index (χ4n) is 3.23. The monoisotopic (exact) mass is 359 g/mol. The van der Waals surface area contributed by atoms with Gasteiger partial charge in [-0.2, -0.15) is 0 Å². The minimum absolute atomic E-state index is 0.0634. The van der Waals surface area contributed by atoms with Crippen LogP contribution in [0.3, 0.4) is 0 Å². The zero-order valence-electron chi connectivity index (χ0n) is 14.6. The van der Waals surface area contributed by atoms with Crippen LogP contribution < -0.4 is 5.32 Å².